The van der Waals surface area contributed by atoms with Gasteiger partial charge in [-0.05, 0) is 57.9 Å². The summed E-state index contributed by atoms with van der Waals surface area (Å²) in [6.07, 6.45) is 7.90. The summed E-state index contributed by atoms with van der Waals surface area (Å²) >= 11 is 0. The summed E-state index contributed by atoms with van der Waals surface area (Å²) in [4.78, 5) is 27.7. The van der Waals surface area contributed by atoms with Gasteiger partial charge in [-0.1, -0.05) is 12.1 Å². The molecule has 0 saturated carbocycles. The normalized spacial score (nSPS) is 15.4. The van der Waals surface area contributed by atoms with Crippen LogP contribution in [0.2, 0.25) is 0 Å². The summed E-state index contributed by atoms with van der Waals surface area (Å²) in [5.74, 6) is 1.31. The molecule has 1 N–H and O–H groups in total. The predicted octanol–water partition coefficient (Wildman–Crippen LogP) is 4.87. The van der Waals surface area contributed by atoms with E-state index in [9.17, 15) is 4.79 Å². The number of hydrogen-bond donors (Lipinski definition) is 1. The Balaban J connectivity index is 1.45. The molecule has 0 bridgehead atoms. The molecule has 1 aromatic carbocycles. The summed E-state index contributed by atoms with van der Waals surface area (Å²) in [5, 5.41) is 9.14. The lowest BCUT2D eigenvalue weighted by molar-refractivity contribution is 0.00925. The molecule has 10 heteroatoms. The molecule has 1 fully saturated rings. The minimum absolute atomic E-state index is 0.281. The third kappa shape index (κ3) is 5.31. The second-order valence-electron chi connectivity index (χ2n) is 10.6. The van der Waals surface area contributed by atoms with Crippen LogP contribution >= 0.6 is 0 Å². The van der Waals surface area contributed by atoms with Crippen molar-refractivity contribution in [3.8, 4) is 5.69 Å². The molecule has 1 aliphatic heterocycles. The van der Waals surface area contributed by atoms with Gasteiger partial charge in [0.2, 0.25) is 0 Å². The van der Waals surface area contributed by atoms with Crippen LogP contribution in [-0.2, 0) is 14.9 Å². The molecule has 10 nitrogen and oxygen atoms in total. The Bertz CT molecular complexity index is 1410. The van der Waals surface area contributed by atoms with Gasteiger partial charge in [0.1, 0.15) is 11.4 Å². The van der Waals surface area contributed by atoms with Crippen molar-refractivity contribution in [2.24, 2.45) is 0 Å². The molecule has 38 heavy (non-hydrogen) atoms. The zero-order valence-electron chi connectivity index (χ0n) is 22.2. The number of methoxy groups -OCH3 is 1. The number of para-hydroxylation sites is 1. The van der Waals surface area contributed by atoms with Crippen molar-refractivity contribution in [1.82, 2.24) is 29.6 Å². The van der Waals surface area contributed by atoms with Gasteiger partial charge in [-0.15, -0.1) is 5.10 Å². The highest BCUT2D eigenvalue weighted by atomic mass is 16.6. The fourth-order valence-electron chi connectivity index (χ4n) is 4.88. The second kappa shape index (κ2) is 10.4. The van der Waals surface area contributed by atoms with Gasteiger partial charge in [0, 0.05) is 49.6 Å². The number of nitrogens with one attached hydrogen (secondary N) is 1. The molecule has 0 atom stereocenters. The summed E-state index contributed by atoms with van der Waals surface area (Å²) in [5.41, 5.74) is 1.91. The number of ether oxygens (including phenoxy) is 2. The number of piperidine rings is 1. The van der Waals surface area contributed by atoms with Crippen LogP contribution in [0.1, 0.15) is 39.3 Å². The van der Waals surface area contributed by atoms with E-state index in [1.54, 1.807) is 30.6 Å². The van der Waals surface area contributed by atoms with Crippen LogP contribution in [0.25, 0.3) is 16.6 Å². The number of amides is 1. The highest BCUT2D eigenvalue weighted by Crippen LogP contribution is 2.36. The van der Waals surface area contributed by atoms with Crippen molar-refractivity contribution >= 4 is 28.6 Å². The Labute approximate surface area is 222 Å². The Hall–Kier alpha value is -4.05. The van der Waals surface area contributed by atoms with Gasteiger partial charge in [0.05, 0.1) is 29.7 Å². The summed E-state index contributed by atoms with van der Waals surface area (Å²) < 4.78 is 13.2. The van der Waals surface area contributed by atoms with E-state index >= 15 is 0 Å². The van der Waals surface area contributed by atoms with E-state index in [-0.39, 0.29) is 11.5 Å². The van der Waals surface area contributed by atoms with Crippen molar-refractivity contribution in [3.63, 3.8) is 0 Å². The molecule has 4 aromatic rings. The molecule has 1 aliphatic rings. The van der Waals surface area contributed by atoms with Gasteiger partial charge in [0.25, 0.3) is 0 Å². The molecular formula is C28H33N7O3. The molecule has 4 heterocycles. The van der Waals surface area contributed by atoms with Crippen molar-refractivity contribution in [1.29, 1.82) is 0 Å². The average Bonchev–Trinajstić information content (AvgIpc) is 3.27. The first kappa shape index (κ1) is 25.6. The highest BCUT2D eigenvalue weighted by molar-refractivity contribution is 5.92. The Morgan fingerprint density at radius 3 is 2.58 bits per heavy atom. The number of pyridine rings is 1. The van der Waals surface area contributed by atoms with Crippen LogP contribution in [0.3, 0.4) is 0 Å². The highest BCUT2D eigenvalue weighted by Gasteiger charge is 2.40. The van der Waals surface area contributed by atoms with Gasteiger partial charge < -0.3 is 19.7 Å². The Kier molecular flexibility index (Phi) is 6.98. The van der Waals surface area contributed by atoms with Crippen LogP contribution in [0.5, 0.6) is 0 Å². The quantitative estimate of drug-likeness (QED) is 0.388. The van der Waals surface area contributed by atoms with E-state index in [1.165, 1.54) is 0 Å². The van der Waals surface area contributed by atoms with Crippen molar-refractivity contribution in [3.05, 3.63) is 66.9 Å². The van der Waals surface area contributed by atoms with Crippen molar-refractivity contribution in [2.45, 2.75) is 44.6 Å². The average molecular weight is 516 g/mol. The molecule has 3 aromatic heterocycles. The number of aromatic nitrogens is 5. The van der Waals surface area contributed by atoms with Gasteiger partial charge in [-0.2, -0.15) is 0 Å². The van der Waals surface area contributed by atoms with Crippen molar-refractivity contribution < 1.29 is 14.3 Å². The maximum absolute atomic E-state index is 12.6. The van der Waals surface area contributed by atoms with Gasteiger partial charge in [-0.3, -0.25) is 9.97 Å². The number of likely N-dealkylation sites (tertiary alicyclic amines) is 1. The minimum Gasteiger partial charge on any atom is -0.444 e. The molecule has 0 aliphatic carbocycles. The monoisotopic (exact) mass is 515 g/mol. The molecule has 5 rings (SSSR count). The van der Waals surface area contributed by atoms with Crippen LogP contribution in [-0.4, -0.2) is 68.1 Å². The standard InChI is InChI=1S/C28H33N7O3/c1-27(2,3)38-26(36)34-15-10-28(11-16-34,19-37-4)23-17-20(9-12-30-23)35-22-8-6-5-7-21(22)25(33-35)32-24-18-29-13-14-31-24/h5-9,12-14,17-18H,10-11,15-16,19H2,1-4H3,(H,31,32,33). The molecule has 1 amide bonds. The van der Waals surface area contributed by atoms with Gasteiger partial charge in [-0.25, -0.2) is 14.5 Å². The lowest BCUT2D eigenvalue weighted by Gasteiger charge is -2.41. The number of rotatable bonds is 6. The lowest BCUT2D eigenvalue weighted by atomic mass is 9.76. The molecule has 0 radical (unpaired) electrons. The first-order chi connectivity index (χ1) is 18.3. The lowest BCUT2D eigenvalue weighted by Crippen LogP contribution is -2.48. The fourth-order valence-corrected chi connectivity index (χ4v) is 4.88. The fraction of sp³-hybridized carbons (Fsp3) is 0.393. The first-order valence-corrected chi connectivity index (χ1v) is 12.7. The number of carbonyl (C=O) groups is 1. The topological polar surface area (TPSA) is 107 Å². The number of benzene rings is 1. The van der Waals surface area contributed by atoms with E-state index in [0.29, 0.717) is 31.3 Å². The molecule has 0 unspecified atom stereocenters. The third-order valence-electron chi connectivity index (χ3n) is 6.72. The van der Waals surface area contributed by atoms with Crippen LogP contribution in [0.15, 0.2) is 61.2 Å². The van der Waals surface area contributed by atoms with Crippen LogP contribution in [0.4, 0.5) is 16.4 Å². The van der Waals surface area contributed by atoms with Crippen LogP contribution in [0, 0.1) is 0 Å². The largest absolute Gasteiger partial charge is 0.444 e. The van der Waals surface area contributed by atoms with E-state index in [1.807, 2.05) is 62.0 Å². The first-order valence-electron chi connectivity index (χ1n) is 12.7. The Morgan fingerprint density at radius 1 is 1.08 bits per heavy atom. The maximum atomic E-state index is 12.6. The maximum Gasteiger partial charge on any atom is 0.410 e. The molecule has 0 spiro atoms. The second-order valence-corrected chi connectivity index (χ2v) is 10.6. The van der Waals surface area contributed by atoms with E-state index < -0.39 is 5.60 Å². The van der Waals surface area contributed by atoms with E-state index in [2.05, 4.69) is 21.4 Å². The van der Waals surface area contributed by atoms with E-state index in [0.717, 1.165) is 35.1 Å². The minimum atomic E-state index is -0.526. The smallest absolute Gasteiger partial charge is 0.410 e. The summed E-state index contributed by atoms with van der Waals surface area (Å²) in [6, 6.07) is 12.1. The Morgan fingerprint density at radius 2 is 1.87 bits per heavy atom. The molecule has 1 saturated heterocycles. The van der Waals surface area contributed by atoms with E-state index in [4.69, 9.17) is 19.6 Å². The zero-order valence-corrected chi connectivity index (χ0v) is 22.2. The molecular weight excluding hydrogens is 482 g/mol. The summed E-state index contributed by atoms with van der Waals surface area (Å²) in [7, 11) is 1.71. The molecule has 198 valence electrons. The zero-order chi connectivity index (χ0) is 26.8. The van der Waals surface area contributed by atoms with Gasteiger partial charge >= 0.3 is 6.09 Å². The van der Waals surface area contributed by atoms with Crippen LogP contribution < -0.4 is 5.32 Å². The van der Waals surface area contributed by atoms with Crippen molar-refractivity contribution in [2.75, 3.05) is 32.1 Å². The SMILES string of the molecule is COCC1(c2cc(-n3nc(Nc4cnccn4)c4ccccc43)ccn2)CCN(C(=O)OC(C)(C)C)CC1. The number of carbonyl (C=O) groups excluding carboxylic acids is 1. The van der Waals surface area contributed by atoms with Gasteiger partial charge in [0.15, 0.2) is 5.82 Å². The number of hydrogen-bond acceptors (Lipinski definition) is 8. The number of anilines is 2. The predicted molar refractivity (Wildman–Crippen MR) is 145 cm³/mol. The summed E-state index contributed by atoms with van der Waals surface area (Å²) in [6.45, 7) is 7.29. The third-order valence-corrected chi connectivity index (χ3v) is 6.72. The number of nitrogens with zero attached hydrogens (tertiary/aromatic N) is 6. The number of fused-ring (bicyclic) bond motifs is 1.